The van der Waals surface area contributed by atoms with E-state index in [-0.39, 0.29) is 0 Å². The van der Waals surface area contributed by atoms with Gasteiger partial charge in [0.15, 0.2) is 0 Å². The van der Waals surface area contributed by atoms with E-state index in [9.17, 15) is 5.11 Å². The van der Waals surface area contributed by atoms with Crippen LogP contribution in [0.1, 0.15) is 45.3 Å². The van der Waals surface area contributed by atoms with Crippen LogP contribution in [0.3, 0.4) is 0 Å². The molecule has 0 aliphatic heterocycles. The Hall–Kier alpha value is -1.09. The van der Waals surface area contributed by atoms with Crippen molar-refractivity contribution in [1.29, 1.82) is 0 Å². The molecule has 1 rings (SSSR count). The molecule has 0 aromatic carbocycles. The second-order valence-electron chi connectivity index (χ2n) is 4.06. The van der Waals surface area contributed by atoms with Crippen LogP contribution in [-0.4, -0.2) is 23.2 Å². The summed E-state index contributed by atoms with van der Waals surface area (Å²) in [5.41, 5.74) is 0.931. The van der Waals surface area contributed by atoms with Crippen LogP contribution in [0.25, 0.3) is 0 Å². The molecule has 3 heteroatoms. The quantitative estimate of drug-likeness (QED) is 0.804. The van der Waals surface area contributed by atoms with Gasteiger partial charge in [-0.1, -0.05) is 13.3 Å². The Morgan fingerprint density at radius 1 is 1.44 bits per heavy atom. The van der Waals surface area contributed by atoms with Crippen LogP contribution in [0, 0.1) is 0 Å². The van der Waals surface area contributed by atoms with Crippen LogP contribution in [0.5, 0.6) is 0 Å². The average molecular weight is 222 g/mol. The second-order valence-corrected chi connectivity index (χ2v) is 4.06. The highest BCUT2D eigenvalue weighted by molar-refractivity contribution is 5.41. The summed E-state index contributed by atoms with van der Waals surface area (Å²) in [5.74, 6) is 0.967. The molecule has 1 aromatic heterocycles. The van der Waals surface area contributed by atoms with E-state index >= 15 is 0 Å². The Morgan fingerprint density at radius 3 is 2.75 bits per heavy atom. The average Bonchev–Trinajstić information content (AvgIpc) is 2.30. The van der Waals surface area contributed by atoms with Gasteiger partial charge in [0.1, 0.15) is 5.82 Å². The largest absolute Gasteiger partial charge is 0.389 e. The molecule has 1 atom stereocenters. The third-order valence-corrected chi connectivity index (χ3v) is 2.74. The Labute approximate surface area is 98.1 Å². The van der Waals surface area contributed by atoms with E-state index < -0.39 is 6.10 Å². The fourth-order valence-electron chi connectivity index (χ4n) is 1.65. The molecule has 0 aliphatic carbocycles. The standard InChI is InChI=1S/C13H22N2O/c1-4-6-9-15(5-2)13-10-12(11(3)16)7-8-14-13/h7-8,10-11,16H,4-6,9H2,1-3H3. The molecule has 0 spiro atoms. The number of pyridine rings is 1. The minimum Gasteiger partial charge on any atom is -0.389 e. The lowest BCUT2D eigenvalue weighted by Crippen LogP contribution is -2.24. The molecular formula is C13H22N2O. The zero-order valence-corrected chi connectivity index (χ0v) is 10.5. The molecule has 0 fully saturated rings. The highest BCUT2D eigenvalue weighted by Crippen LogP contribution is 2.18. The molecular weight excluding hydrogens is 200 g/mol. The van der Waals surface area contributed by atoms with Gasteiger partial charge in [-0.15, -0.1) is 0 Å². The van der Waals surface area contributed by atoms with Crippen LogP contribution >= 0.6 is 0 Å². The number of rotatable bonds is 6. The molecule has 0 saturated carbocycles. The van der Waals surface area contributed by atoms with Gasteiger partial charge in [0.25, 0.3) is 0 Å². The second kappa shape index (κ2) is 6.48. The van der Waals surface area contributed by atoms with Crippen molar-refractivity contribution in [2.24, 2.45) is 0 Å². The zero-order valence-electron chi connectivity index (χ0n) is 10.5. The van der Waals surface area contributed by atoms with Gasteiger partial charge in [-0.2, -0.15) is 0 Å². The molecule has 1 aromatic rings. The Morgan fingerprint density at radius 2 is 2.19 bits per heavy atom. The van der Waals surface area contributed by atoms with Crippen molar-refractivity contribution >= 4 is 5.82 Å². The fraction of sp³-hybridized carbons (Fsp3) is 0.615. The van der Waals surface area contributed by atoms with Crippen LogP contribution in [0.2, 0.25) is 0 Å². The van der Waals surface area contributed by atoms with Crippen LogP contribution < -0.4 is 4.90 Å². The molecule has 16 heavy (non-hydrogen) atoms. The number of nitrogens with zero attached hydrogens (tertiary/aromatic N) is 2. The third kappa shape index (κ3) is 3.49. The number of hydrogen-bond acceptors (Lipinski definition) is 3. The van der Waals surface area contributed by atoms with E-state index in [0.29, 0.717) is 0 Å². The van der Waals surface area contributed by atoms with Crippen LogP contribution in [0.15, 0.2) is 18.3 Å². The van der Waals surface area contributed by atoms with E-state index in [2.05, 4.69) is 23.7 Å². The SMILES string of the molecule is CCCCN(CC)c1cc(C(C)O)ccn1. The van der Waals surface area contributed by atoms with Crippen molar-refractivity contribution in [3.63, 3.8) is 0 Å². The molecule has 3 nitrogen and oxygen atoms in total. The van der Waals surface area contributed by atoms with Gasteiger partial charge >= 0.3 is 0 Å². The summed E-state index contributed by atoms with van der Waals surface area (Å²) in [7, 11) is 0. The van der Waals surface area contributed by atoms with E-state index in [1.54, 1.807) is 13.1 Å². The number of anilines is 1. The number of aromatic nitrogens is 1. The summed E-state index contributed by atoms with van der Waals surface area (Å²) in [6.07, 6.45) is 3.71. The molecule has 90 valence electrons. The Balaban J connectivity index is 2.79. The molecule has 1 heterocycles. The maximum absolute atomic E-state index is 9.53. The lowest BCUT2D eigenvalue weighted by molar-refractivity contribution is 0.199. The van der Waals surface area contributed by atoms with Gasteiger partial charge in [0, 0.05) is 19.3 Å². The Kier molecular flexibility index (Phi) is 5.26. The monoisotopic (exact) mass is 222 g/mol. The third-order valence-electron chi connectivity index (χ3n) is 2.74. The molecule has 0 bridgehead atoms. The maximum atomic E-state index is 9.53. The van der Waals surface area contributed by atoms with Crippen molar-refractivity contribution in [2.75, 3.05) is 18.0 Å². The first-order valence-corrected chi connectivity index (χ1v) is 6.08. The summed E-state index contributed by atoms with van der Waals surface area (Å²) in [6.45, 7) is 8.08. The smallest absolute Gasteiger partial charge is 0.128 e. The van der Waals surface area contributed by atoms with Gasteiger partial charge in [-0.3, -0.25) is 0 Å². The summed E-state index contributed by atoms with van der Waals surface area (Å²) in [5, 5.41) is 9.53. The van der Waals surface area contributed by atoms with E-state index in [1.165, 1.54) is 12.8 Å². The fourth-order valence-corrected chi connectivity index (χ4v) is 1.65. The Bertz CT molecular complexity index is 313. The molecule has 1 unspecified atom stereocenters. The maximum Gasteiger partial charge on any atom is 0.128 e. The first-order chi connectivity index (χ1) is 7.69. The van der Waals surface area contributed by atoms with Gasteiger partial charge in [-0.05, 0) is 38.0 Å². The number of aliphatic hydroxyl groups excluding tert-OH is 1. The minimum atomic E-state index is -0.424. The van der Waals surface area contributed by atoms with Crippen LogP contribution in [0.4, 0.5) is 5.82 Å². The predicted octanol–water partition coefficient (Wildman–Crippen LogP) is 2.76. The molecule has 0 saturated heterocycles. The number of hydrogen-bond donors (Lipinski definition) is 1. The van der Waals surface area contributed by atoms with Crippen LogP contribution in [-0.2, 0) is 0 Å². The van der Waals surface area contributed by atoms with Crippen molar-refractivity contribution < 1.29 is 5.11 Å². The van der Waals surface area contributed by atoms with E-state index in [4.69, 9.17) is 0 Å². The summed E-state index contributed by atoms with van der Waals surface area (Å²) in [4.78, 5) is 6.61. The van der Waals surface area contributed by atoms with E-state index in [1.807, 2.05) is 12.1 Å². The molecule has 0 aliphatic rings. The van der Waals surface area contributed by atoms with Crippen molar-refractivity contribution in [2.45, 2.75) is 39.7 Å². The lowest BCUT2D eigenvalue weighted by Gasteiger charge is -2.22. The highest BCUT2D eigenvalue weighted by Gasteiger charge is 2.07. The number of aliphatic hydroxyl groups is 1. The summed E-state index contributed by atoms with van der Waals surface area (Å²) >= 11 is 0. The van der Waals surface area contributed by atoms with Gasteiger partial charge < -0.3 is 10.0 Å². The van der Waals surface area contributed by atoms with Gasteiger partial charge in [-0.25, -0.2) is 4.98 Å². The molecule has 0 amide bonds. The first-order valence-electron chi connectivity index (χ1n) is 6.08. The molecule has 1 N–H and O–H groups in total. The zero-order chi connectivity index (χ0) is 12.0. The van der Waals surface area contributed by atoms with Crippen molar-refractivity contribution in [1.82, 2.24) is 4.98 Å². The van der Waals surface area contributed by atoms with Crippen molar-refractivity contribution in [3.8, 4) is 0 Å². The first kappa shape index (κ1) is 13.0. The summed E-state index contributed by atoms with van der Waals surface area (Å²) in [6, 6.07) is 3.84. The van der Waals surface area contributed by atoms with Gasteiger partial charge in [0.2, 0.25) is 0 Å². The topological polar surface area (TPSA) is 36.4 Å². The van der Waals surface area contributed by atoms with Crippen molar-refractivity contribution in [3.05, 3.63) is 23.9 Å². The lowest BCUT2D eigenvalue weighted by atomic mass is 10.1. The number of unbranched alkanes of at least 4 members (excludes halogenated alkanes) is 1. The summed E-state index contributed by atoms with van der Waals surface area (Å²) < 4.78 is 0. The van der Waals surface area contributed by atoms with Gasteiger partial charge in [0.05, 0.1) is 6.10 Å². The normalized spacial score (nSPS) is 12.5. The minimum absolute atomic E-state index is 0.424. The predicted molar refractivity (Wildman–Crippen MR) is 67.7 cm³/mol. The molecule has 0 radical (unpaired) electrons. The highest BCUT2D eigenvalue weighted by atomic mass is 16.3. The van der Waals surface area contributed by atoms with E-state index in [0.717, 1.165) is 24.5 Å².